The van der Waals surface area contributed by atoms with Crippen LogP contribution in [0.3, 0.4) is 0 Å². The SMILES string of the molecule is CN(C)C(=O)c1ccccc1NC(=O)C(c1ccccc1)c1ccccc1. The fourth-order valence-corrected chi connectivity index (χ4v) is 3.01. The molecule has 1 N–H and O–H groups in total. The van der Waals surface area contributed by atoms with E-state index >= 15 is 0 Å². The van der Waals surface area contributed by atoms with Crippen LogP contribution in [-0.4, -0.2) is 30.8 Å². The number of carbonyl (C=O) groups is 2. The van der Waals surface area contributed by atoms with Crippen molar-refractivity contribution in [3.63, 3.8) is 0 Å². The Morgan fingerprint density at radius 1 is 0.741 bits per heavy atom. The molecule has 3 aromatic carbocycles. The summed E-state index contributed by atoms with van der Waals surface area (Å²) in [5.41, 5.74) is 2.78. The normalized spacial score (nSPS) is 10.5. The lowest BCUT2D eigenvalue weighted by atomic mass is 9.90. The van der Waals surface area contributed by atoms with Gasteiger partial charge in [-0.15, -0.1) is 0 Å². The molecule has 0 aliphatic carbocycles. The molecule has 4 nitrogen and oxygen atoms in total. The highest BCUT2D eigenvalue weighted by Crippen LogP contribution is 2.27. The van der Waals surface area contributed by atoms with E-state index in [9.17, 15) is 9.59 Å². The highest BCUT2D eigenvalue weighted by atomic mass is 16.2. The maximum absolute atomic E-state index is 13.2. The minimum atomic E-state index is -0.463. The van der Waals surface area contributed by atoms with Gasteiger partial charge in [0.05, 0.1) is 17.2 Å². The van der Waals surface area contributed by atoms with Gasteiger partial charge >= 0.3 is 0 Å². The topological polar surface area (TPSA) is 49.4 Å². The Kier molecular flexibility index (Phi) is 5.67. The van der Waals surface area contributed by atoms with Gasteiger partial charge in [-0.1, -0.05) is 72.8 Å². The fraction of sp³-hybridized carbons (Fsp3) is 0.130. The minimum absolute atomic E-state index is 0.151. The van der Waals surface area contributed by atoms with E-state index < -0.39 is 5.92 Å². The van der Waals surface area contributed by atoms with Crippen molar-refractivity contribution in [1.29, 1.82) is 0 Å². The summed E-state index contributed by atoms with van der Waals surface area (Å²) >= 11 is 0. The molecule has 3 aromatic rings. The smallest absolute Gasteiger partial charge is 0.255 e. The molecule has 0 fully saturated rings. The molecule has 0 atom stereocenters. The molecule has 0 aliphatic heterocycles. The number of nitrogens with one attached hydrogen (secondary N) is 1. The van der Waals surface area contributed by atoms with E-state index in [-0.39, 0.29) is 11.8 Å². The number of hydrogen-bond acceptors (Lipinski definition) is 2. The molecule has 0 bridgehead atoms. The second-order valence-electron chi connectivity index (χ2n) is 6.49. The molecular weight excluding hydrogens is 336 g/mol. The first-order chi connectivity index (χ1) is 13.1. The second kappa shape index (κ2) is 8.32. The Morgan fingerprint density at radius 3 is 1.74 bits per heavy atom. The van der Waals surface area contributed by atoms with Crippen LogP contribution in [0.5, 0.6) is 0 Å². The highest BCUT2D eigenvalue weighted by molar-refractivity contribution is 6.05. The Balaban J connectivity index is 1.97. The van der Waals surface area contributed by atoms with Crippen LogP contribution in [0, 0.1) is 0 Å². The Hall–Kier alpha value is -3.40. The van der Waals surface area contributed by atoms with Crippen LogP contribution in [0.25, 0.3) is 0 Å². The molecule has 27 heavy (non-hydrogen) atoms. The van der Waals surface area contributed by atoms with Gasteiger partial charge in [-0.05, 0) is 23.3 Å². The Bertz CT molecular complexity index is 882. The van der Waals surface area contributed by atoms with E-state index in [4.69, 9.17) is 0 Å². The first-order valence-corrected chi connectivity index (χ1v) is 8.79. The summed E-state index contributed by atoms with van der Waals surface area (Å²) in [4.78, 5) is 27.2. The number of amides is 2. The summed E-state index contributed by atoms with van der Waals surface area (Å²) in [6, 6.07) is 26.3. The monoisotopic (exact) mass is 358 g/mol. The quantitative estimate of drug-likeness (QED) is 0.744. The van der Waals surface area contributed by atoms with E-state index in [1.807, 2.05) is 66.7 Å². The molecule has 4 heteroatoms. The minimum Gasteiger partial charge on any atom is -0.345 e. The van der Waals surface area contributed by atoms with Crippen LogP contribution in [0.1, 0.15) is 27.4 Å². The van der Waals surface area contributed by atoms with Gasteiger partial charge in [0.1, 0.15) is 0 Å². The summed E-state index contributed by atoms with van der Waals surface area (Å²) in [6.45, 7) is 0. The zero-order valence-corrected chi connectivity index (χ0v) is 15.4. The van der Waals surface area contributed by atoms with E-state index in [0.717, 1.165) is 11.1 Å². The molecular formula is C23H22N2O2. The molecule has 0 radical (unpaired) electrons. The third-order valence-corrected chi connectivity index (χ3v) is 4.35. The van der Waals surface area contributed by atoms with E-state index in [0.29, 0.717) is 11.3 Å². The van der Waals surface area contributed by atoms with Crippen molar-refractivity contribution >= 4 is 17.5 Å². The van der Waals surface area contributed by atoms with Crippen LogP contribution in [0.15, 0.2) is 84.9 Å². The zero-order chi connectivity index (χ0) is 19.2. The lowest BCUT2D eigenvalue weighted by molar-refractivity contribution is -0.116. The number of anilines is 1. The number of hydrogen-bond donors (Lipinski definition) is 1. The Morgan fingerprint density at radius 2 is 1.22 bits per heavy atom. The van der Waals surface area contributed by atoms with Crippen LogP contribution in [-0.2, 0) is 4.79 Å². The maximum atomic E-state index is 13.2. The van der Waals surface area contributed by atoms with Crippen molar-refractivity contribution in [2.24, 2.45) is 0 Å². The van der Waals surface area contributed by atoms with Crippen molar-refractivity contribution in [2.75, 3.05) is 19.4 Å². The number of rotatable bonds is 5. The number of benzene rings is 3. The van der Waals surface area contributed by atoms with E-state index in [1.54, 1.807) is 32.3 Å². The highest BCUT2D eigenvalue weighted by Gasteiger charge is 2.24. The first-order valence-electron chi connectivity index (χ1n) is 8.79. The van der Waals surface area contributed by atoms with Crippen LogP contribution >= 0.6 is 0 Å². The van der Waals surface area contributed by atoms with Crippen LogP contribution < -0.4 is 5.32 Å². The summed E-state index contributed by atoms with van der Waals surface area (Å²) in [5, 5.41) is 2.96. The van der Waals surface area contributed by atoms with Crippen molar-refractivity contribution in [3.05, 3.63) is 102 Å². The van der Waals surface area contributed by atoms with Gasteiger partial charge in [-0.3, -0.25) is 9.59 Å². The van der Waals surface area contributed by atoms with Gasteiger partial charge in [0.25, 0.3) is 5.91 Å². The van der Waals surface area contributed by atoms with Gasteiger partial charge in [0.15, 0.2) is 0 Å². The Labute approximate surface area is 159 Å². The average Bonchev–Trinajstić information content (AvgIpc) is 2.69. The molecule has 0 saturated heterocycles. The maximum Gasteiger partial charge on any atom is 0.255 e. The second-order valence-corrected chi connectivity index (χ2v) is 6.49. The lowest BCUT2D eigenvalue weighted by Crippen LogP contribution is -2.26. The predicted octanol–water partition coefficient (Wildman–Crippen LogP) is 4.16. The lowest BCUT2D eigenvalue weighted by Gasteiger charge is -2.20. The predicted molar refractivity (Wildman–Crippen MR) is 108 cm³/mol. The van der Waals surface area contributed by atoms with Crippen molar-refractivity contribution < 1.29 is 9.59 Å². The zero-order valence-electron chi connectivity index (χ0n) is 15.4. The summed E-state index contributed by atoms with van der Waals surface area (Å²) in [7, 11) is 3.38. The van der Waals surface area contributed by atoms with Crippen molar-refractivity contribution in [2.45, 2.75) is 5.92 Å². The molecule has 0 saturated carbocycles. The molecule has 0 heterocycles. The fourth-order valence-electron chi connectivity index (χ4n) is 3.01. The van der Waals surface area contributed by atoms with Gasteiger partial charge < -0.3 is 10.2 Å². The van der Waals surface area contributed by atoms with Crippen molar-refractivity contribution in [1.82, 2.24) is 4.90 Å². The van der Waals surface area contributed by atoms with Gasteiger partial charge in [0.2, 0.25) is 5.91 Å². The number of para-hydroxylation sites is 1. The van der Waals surface area contributed by atoms with E-state index in [2.05, 4.69) is 5.32 Å². The molecule has 0 unspecified atom stereocenters. The van der Waals surface area contributed by atoms with Gasteiger partial charge in [-0.25, -0.2) is 0 Å². The van der Waals surface area contributed by atoms with Crippen molar-refractivity contribution in [3.8, 4) is 0 Å². The largest absolute Gasteiger partial charge is 0.345 e. The third-order valence-electron chi connectivity index (χ3n) is 4.35. The molecule has 2 amide bonds. The molecule has 0 aliphatic rings. The molecule has 136 valence electrons. The van der Waals surface area contributed by atoms with Crippen LogP contribution in [0.4, 0.5) is 5.69 Å². The van der Waals surface area contributed by atoms with E-state index in [1.165, 1.54) is 4.90 Å². The van der Waals surface area contributed by atoms with Gasteiger partial charge in [0, 0.05) is 14.1 Å². The molecule has 0 aromatic heterocycles. The number of nitrogens with zero attached hydrogens (tertiary/aromatic N) is 1. The summed E-state index contributed by atoms with van der Waals surface area (Å²) in [6.07, 6.45) is 0. The molecule has 0 spiro atoms. The summed E-state index contributed by atoms with van der Waals surface area (Å²) in [5.74, 6) is -0.789. The van der Waals surface area contributed by atoms with Gasteiger partial charge in [-0.2, -0.15) is 0 Å². The third kappa shape index (κ3) is 4.23. The molecule has 3 rings (SSSR count). The first kappa shape index (κ1) is 18.4. The number of carbonyl (C=O) groups excluding carboxylic acids is 2. The standard InChI is InChI=1S/C23H22N2O2/c1-25(2)23(27)19-15-9-10-16-20(19)24-22(26)21(17-11-5-3-6-12-17)18-13-7-4-8-14-18/h3-16,21H,1-2H3,(H,24,26). The summed E-state index contributed by atoms with van der Waals surface area (Å²) < 4.78 is 0. The van der Waals surface area contributed by atoms with Crippen LogP contribution in [0.2, 0.25) is 0 Å². The average molecular weight is 358 g/mol.